The number of carbonyl (C=O) groups excluding carboxylic acids is 1. The van der Waals surface area contributed by atoms with Gasteiger partial charge in [-0.25, -0.2) is 0 Å². The van der Waals surface area contributed by atoms with Gasteiger partial charge in [-0.1, -0.05) is 28.9 Å². The number of hydrogen-bond acceptors (Lipinski definition) is 4. The van der Waals surface area contributed by atoms with Crippen molar-refractivity contribution >= 4 is 13.4 Å². The van der Waals surface area contributed by atoms with Crippen molar-refractivity contribution in [2.75, 3.05) is 19.8 Å². The molecule has 138 valence electrons. The van der Waals surface area contributed by atoms with E-state index in [9.17, 15) is 14.3 Å². The van der Waals surface area contributed by atoms with Crippen LogP contribution in [0.1, 0.15) is 53.4 Å². The Kier molecular flexibility index (Phi) is 11.1. The molecule has 0 aromatic carbocycles. The van der Waals surface area contributed by atoms with Gasteiger partial charge >= 0.3 is 7.60 Å². The second-order valence-electron chi connectivity index (χ2n) is 6.27. The Balaban J connectivity index is 4.70. The number of rotatable bonds is 11. The van der Waals surface area contributed by atoms with Crippen LogP contribution in [0, 0.1) is 0 Å². The van der Waals surface area contributed by atoms with Gasteiger partial charge in [-0.05, 0) is 53.4 Å². The molecule has 0 saturated heterocycles. The zero-order valence-corrected chi connectivity index (χ0v) is 16.5. The maximum absolute atomic E-state index is 12.1. The Labute approximate surface area is 146 Å². The van der Waals surface area contributed by atoms with Gasteiger partial charge in [0.25, 0.3) is 0 Å². The summed E-state index contributed by atoms with van der Waals surface area (Å²) in [6.07, 6.45) is 7.47. The van der Waals surface area contributed by atoms with E-state index in [1.165, 1.54) is 11.1 Å². The first-order valence-electron chi connectivity index (χ1n) is 8.21. The number of ketones is 1. The van der Waals surface area contributed by atoms with E-state index in [2.05, 4.69) is 37.4 Å². The second-order valence-corrected chi connectivity index (χ2v) is 8.23. The normalized spacial score (nSPS) is 15.5. The molecular formula is C18H32NO4P. The van der Waals surface area contributed by atoms with Crippen molar-refractivity contribution in [3.8, 4) is 0 Å². The van der Waals surface area contributed by atoms with Crippen molar-refractivity contribution < 1.29 is 18.8 Å². The third-order valence-electron chi connectivity index (χ3n) is 3.79. The molecule has 24 heavy (non-hydrogen) atoms. The molecule has 6 heteroatoms. The zero-order valence-electron chi connectivity index (χ0n) is 15.6. The van der Waals surface area contributed by atoms with Crippen molar-refractivity contribution in [3.63, 3.8) is 0 Å². The highest BCUT2D eigenvalue weighted by Crippen LogP contribution is 2.41. The molecule has 5 nitrogen and oxygen atoms in total. The fourth-order valence-corrected chi connectivity index (χ4v) is 2.93. The molecule has 0 aromatic heterocycles. The Morgan fingerprint density at radius 2 is 1.71 bits per heavy atom. The molecule has 0 aliphatic rings. The van der Waals surface area contributed by atoms with Crippen LogP contribution in [0.25, 0.3) is 0 Å². The Morgan fingerprint density at radius 1 is 1.12 bits per heavy atom. The fourth-order valence-electron chi connectivity index (χ4n) is 2.24. The predicted molar refractivity (Wildman–Crippen MR) is 100 cm³/mol. The number of carbonyl (C=O) groups is 1. The average molecular weight is 357 g/mol. The van der Waals surface area contributed by atoms with Gasteiger partial charge in [0.1, 0.15) is 6.16 Å². The first-order valence-corrected chi connectivity index (χ1v) is 9.97. The van der Waals surface area contributed by atoms with Crippen molar-refractivity contribution in [3.05, 3.63) is 34.4 Å². The summed E-state index contributed by atoms with van der Waals surface area (Å²) in [5.41, 5.74) is 9.59. The summed E-state index contributed by atoms with van der Waals surface area (Å²) in [4.78, 5) is 21.5. The van der Waals surface area contributed by atoms with Gasteiger partial charge in [-0.15, -0.1) is 0 Å². The molecule has 0 rings (SSSR count). The zero-order chi connectivity index (χ0) is 18.8. The highest BCUT2D eigenvalue weighted by molar-refractivity contribution is 7.53. The first kappa shape index (κ1) is 23.0. The van der Waals surface area contributed by atoms with Gasteiger partial charge in [-0.3, -0.25) is 9.36 Å². The Hall–Kier alpha value is -1.00. The molecule has 0 radical (unpaired) electrons. The van der Waals surface area contributed by atoms with Crippen molar-refractivity contribution in [2.24, 2.45) is 5.73 Å². The fraction of sp³-hybridized carbons (Fsp3) is 0.611. The van der Waals surface area contributed by atoms with Gasteiger partial charge in [0, 0.05) is 19.2 Å². The Morgan fingerprint density at radius 3 is 2.21 bits per heavy atom. The summed E-state index contributed by atoms with van der Waals surface area (Å²) in [5.74, 6) is -0.410. The summed E-state index contributed by atoms with van der Waals surface area (Å²) >= 11 is 0. The van der Waals surface area contributed by atoms with Crippen LogP contribution in [-0.4, -0.2) is 30.5 Å². The highest BCUT2D eigenvalue weighted by atomic mass is 31.2. The Bertz CT molecular complexity index is 557. The van der Waals surface area contributed by atoms with Crippen molar-refractivity contribution in [2.45, 2.75) is 53.4 Å². The van der Waals surface area contributed by atoms with E-state index in [-0.39, 0.29) is 6.54 Å². The molecule has 0 aromatic rings. The van der Waals surface area contributed by atoms with E-state index < -0.39 is 19.5 Å². The van der Waals surface area contributed by atoms with Crippen LogP contribution in [0.15, 0.2) is 34.4 Å². The van der Waals surface area contributed by atoms with Crippen LogP contribution in [0.3, 0.4) is 0 Å². The van der Waals surface area contributed by atoms with Gasteiger partial charge in [0.2, 0.25) is 0 Å². The maximum Gasteiger partial charge on any atom is 0.335 e. The van der Waals surface area contributed by atoms with Crippen LogP contribution in [0.5, 0.6) is 0 Å². The third-order valence-corrected chi connectivity index (χ3v) is 5.05. The van der Waals surface area contributed by atoms with Crippen LogP contribution in [0.2, 0.25) is 0 Å². The summed E-state index contributed by atoms with van der Waals surface area (Å²) in [5, 5.41) is 0. The molecule has 0 saturated carbocycles. The topological polar surface area (TPSA) is 89.6 Å². The van der Waals surface area contributed by atoms with E-state index in [1.807, 2.05) is 6.92 Å². The van der Waals surface area contributed by atoms with Crippen LogP contribution >= 0.6 is 7.60 Å². The van der Waals surface area contributed by atoms with E-state index in [1.54, 1.807) is 0 Å². The number of Topliss-reactive ketones (excluding diaryl/α,β-unsaturated/α-hetero) is 1. The lowest BCUT2D eigenvalue weighted by Gasteiger charge is -2.12. The van der Waals surface area contributed by atoms with Gasteiger partial charge in [0.15, 0.2) is 5.78 Å². The number of allylic oxidation sites excluding steroid dienone is 5. The molecule has 1 unspecified atom stereocenters. The minimum atomic E-state index is -3.86. The van der Waals surface area contributed by atoms with Gasteiger partial charge in [-0.2, -0.15) is 0 Å². The van der Waals surface area contributed by atoms with Crippen molar-refractivity contribution in [1.29, 1.82) is 0 Å². The monoisotopic (exact) mass is 357 g/mol. The molecule has 0 bridgehead atoms. The smallest absolute Gasteiger partial charge is 0.326 e. The summed E-state index contributed by atoms with van der Waals surface area (Å²) < 4.78 is 16.0. The second kappa shape index (κ2) is 11.5. The first-order chi connectivity index (χ1) is 11.1. The van der Waals surface area contributed by atoms with E-state index in [0.717, 1.165) is 31.9 Å². The SMILES string of the molecule is COP(=O)(O)CC(=O)/C(CN)=C(/C)CC/C=C(\C)CCC=C(C)C. The quantitative estimate of drug-likeness (QED) is 0.330. The molecule has 0 fully saturated rings. The lowest BCUT2D eigenvalue weighted by molar-refractivity contribution is -0.113. The van der Waals surface area contributed by atoms with Crippen LogP contribution in [0.4, 0.5) is 0 Å². The number of nitrogens with two attached hydrogens (primary N) is 1. The number of hydrogen-bond donors (Lipinski definition) is 2. The molecule has 0 aliphatic carbocycles. The van der Waals surface area contributed by atoms with E-state index in [0.29, 0.717) is 12.0 Å². The molecule has 0 aliphatic heterocycles. The van der Waals surface area contributed by atoms with E-state index >= 15 is 0 Å². The van der Waals surface area contributed by atoms with Crippen LogP contribution < -0.4 is 5.73 Å². The molecule has 1 atom stereocenters. The minimum Gasteiger partial charge on any atom is -0.326 e. The van der Waals surface area contributed by atoms with Crippen molar-refractivity contribution in [1.82, 2.24) is 0 Å². The largest absolute Gasteiger partial charge is 0.335 e. The summed E-state index contributed by atoms with van der Waals surface area (Å²) in [7, 11) is -2.73. The molecular weight excluding hydrogens is 325 g/mol. The van der Waals surface area contributed by atoms with Gasteiger partial charge < -0.3 is 15.2 Å². The molecule has 0 heterocycles. The highest BCUT2D eigenvalue weighted by Gasteiger charge is 2.24. The lowest BCUT2D eigenvalue weighted by atomic mass is 10.0. The van der Waals surface area contributed by atoms with Gasteiger partial charge in [0.05, 0.1) is 0 Å². The molecule has 0 spiro atoms. The van der Waals surface area contributed by atoms with Crippen LogP contribution in [-0.2, 0) is 13.9 Å². The molecule has 0 amide bonds. The van der Waals surface area contributed by atoms with E-state index in [4.69, 9.17) is 5.73 Å². The standard InChI is InChI=1S/C18H32NO4P/c1-14(2)8-6-9-15(3)10-7-11-16(4)17(12-19)18(20)13-24(21,22)23-5/h8,10H,6-7,9,11-13,19H2,1-5H3,(H,21,22)/b15-10+,17-16-. The third kappa shape index (κ3) is 9.99. The molecule has 3 N–H and O–H groups in total. The lowest BCUT2D eigenvalue weighted by Crippen LogP contribution is -2.18. The minimum absolute atomic E-state index is 0.0671. The summed E-state index contributed by atoms with van der Waals surface area (Å²) in [6, 6.07) is 0. The average Bonchev–Trinajstić information content (AvgIpc) is 2.47. The summed E-state index contributed by atoms with van der Waals surface area (Å²) in [6.45, 7) is 8.20. The predicted octanol–water partition coefficient (Wildman–Crippen LogP) is 4.14. The maximum atomic E-state index is 12.1.